The summed E-state index contributed by atoms with van der Waals surface area (Å²) in [7, 11) is 4.00. The molecular weight excluding hydrogens is 266 g/mol. The average molecular weight is 291 g/mol. The van der Waals surface area contributed by atoms with Gasteiger partial charge in [0, 0.05) is 31.9 Å². The van der Waals surface area contributed by atoms with Crippen molar-refractivity contribution in [2.24, 2.45) is 5.73 Å². The van der Waals surface area contributed by atoms with Gasteiger partial charge in [-0.25, -0.2) is 0 Å². The molecule has 0 aromatic carbocycles. The lowest BCUT2D eigenvalue weighted by atomic mass is 10.4. The van der Waals surface area contributed by atoms with Gasteiger partial charge in [-0.3, -0.25) is 9.59 Å². The summed E-state index contributed by atoms with van der Waals surface area (Å²) in [6.07, 6.45) is 1.13. The lowest BCUT2D eigenvalue weighted by Gasteiger charge is -2.10. The number of nitrogens with two attached hydrogens (primary N) is 1. The van der Waals surface area contributed by atoms with E-state index in [-0.39, 0.29) is 11.8 Å². The van der Waals surface area contributed by atoms with Crippen LogP contribution < -0.4 is 11.1 Å². The number of amides is 2. The minimum Gasteiger partial charge on any atom is -0.380 e. The first-order valence-electron chi connectivity index (χ1n) is 6.37. The summed E-state index contributed by atoms with van der Waals surface area (Å²) in [4.78, 5) is 23.9. The van der Waals surface area contributed by atoms with Crippen molar-refractivity contribution in [1.29, 1.82) is 0 Å². The molecule has 2 amide bonds. The minimum atomic E-state index is -0.331. The molecule has 0 unspecified atom stereocenters. The Kier molecular flexibility index (Phi) is 11.7. The van der Waals surface area contributed by atoms with Gasteiger partial charge in [0.2, 0.25) is 11.8 Å². The third-order valence-corrected chi connectivity index (χ3v) is 3.16. The fourth-order valence-corrected chi connectivity index (χ4v) is 1.92. The van der Waals surface area contributed by atoms with Gasteiger partial charge in [0.15, 0.2) is 0 Å². The molecule has 0 saturated carbocycles. The molecule has 0 rings (SSSR count). The first kappa shape index (κ1) is 18.2. The van der Waals surface area contributed by atoms with Crippen molar-refractivity contribution < 1.29 is 14.3 Å². The summed E-state index contributed by atoms with van der Waals surface area (Å²) in [6, 6.07) is 0. The Hall–Kier alpha value is -0.790. The van der Waals surface area contributed by atoms with Crippen LogP contribution in [0.2, 0.25) is 0 Å². The van der Waals surface area contributed by atoms with E-state index in [9.17, 15) is 9.59 Å². The Labute approximate surface area is 119 Å². The number of likely N-dealkylation sites (N-methyl/N-ethyl adjacent to an activating group) is 1. The lowest BCUT2D eigenvalue weighted by molar-refractivity contribution is -0.119. The zero-order chi connectivity index (χ0) is 14.5. The summed E-state index contributed by atoms with van der Waals surface area (Å²) in [5.74, 6) is 0.621. The molecule has 3 N–H and O–H groups in total. The molecule has 0 aliphatic carbocycles. The van der Waals surface area contributed by atoms with Crippen LogP contribution in [0.15, 0.2) is 0 Å². The van der Waals surface area contributed by atoms with Gasteiger partial charge in [-0.2, -0.15) is 11.8 Å². The van der Waals surface area contributed by atoms with Crippen LogP contribution in [0.5, 0.6) is 0 Å². The number of primary amides is 1. The van der Waals surface area contributed by atoms with E-state index in [4.69, 9.17) is 10.5 Å². The Morgan fingerprint density at radius 2 is 2.05 bits per heavy atom. The quantitative estimate of drug-likeness (QED) is 0.481. The van der Waals surface area contributed by atoms with Crippen molar-refractivity contribution >= 4 is 23.6 Å². The Bertz CT molecular complexity index is 263. The van der Waals surface area contributed by atoms with Crippen molar-refractivity contribution in [3.05, 3.63) is 0 Å². The monoisotopic (exact) mass is 291 g/mol. The summed E-state index contributed by atoms with van der Waals surface area (Å²) in [5, 5.41) is 2.80. The van der Waals surface area contributed by atoms with E-state index in [0.717, 1.165) is 13.0 Å². The zero-order valence-corrected chi connectivity index (χ0v) is 12.6. The molecule has 0 aliphatic rings. The molecule has 112 valence electrons. The molecule has 0 aromatic heterocycles. The van der Waals surface area contributed by atoms with Crippen LogP contribution in [-0.2, 0) is 14.3 Å². The van der Waals surface area contributed by atoms with Crippen LogP contribution in [0.1, 0.15) is 12.8 Å². The van der Waals surface area contributed by atoms with E-state index < -0.39 is 0 Å². The molecule has 0 saturated heterocycles. The highest BCUT2D eigenvalue weighted by molar-refractivity contribution is 7.99. The fraction of sp³-hybridized carbons (Fsp3) is 0.833. The summed E-state index contributed by atoms with van der Waals surface area (Å²) < 4.78 is 5.40. The third kappa shape index (κ3) is 15.2. The second-order valence-corrected chi connectivity index (χ2v) is 5.49. The molecular formula is C12H25N3O3S. The highest BCUT2D eigenvalue weighted by Crippen LogP contribution is 2.00. The fourth-order valence-electron chi connectivity index (χ4n) is 1.14. The number of rotatable bonds is 12. The predicted octanol–water partition coefficient (Wildman–Crippen LogP) is -0.320. The maximum absolute atomic E-state index is 11.4. The van der Waals surface area contributed by atoms with E-state index in [1.54, 1.807) is 0 Å². The summed E-state index contributed by atoms with van der Waals surface area (Å²) >= 11 is 1.42. The molecule has 0 heterocycles. The van der Waals surface area contributed by atoms with Crippen LogP contribution in [-0.4, -0.2) is 68.6 Å². The van der Waals surface area contributed by atoms with Crippen molar-refractivity contribution in [2.75, 3.05) is 51.9 Å². The third-order valence-electron chi connectivity index (χ3n) is 2.20. The van der Waals surface area contributed by atoms with Gasteiger partial charge in [-0.15, -0.1) is 0 Å². The highest BCUT2D eigenvalue weighted by Gasteiger charge is 2.01. The van der Waals surface area contributed by atoms with Crippen LogP contribution in [0.4, 0.5) is 0 Å². The van der Waals surface area contributed by atoms with E-state index in [0.29, 0.717) is 37.7 Å². The molecule has 0 aliphatic heterocycles. The molecule has 0 fully saturated rings. The minimum absolute atomic E-state index is 0.0113. The standard InChI is InChI=1S/C12H25N3O3S/c1-15(2)6-8-18-7-3-5-14-12(17)10-19-9-4-11(13)16/h3-10H2,1-2H3,(H2,13,16)(H,14,17). The Morgan fingerprint density at radius 1 is 1.32 bits per heavy atom. The molecule has 0 aromatic rings. The number of hydrogen-bond acceptors (Lipinski definition) is 5. The number of thioether (sulfide) groups is 1. The van der Waals surface area contributed by atoms with Gasteiger partial charge in [-0.05, 0) is 20.5 Å². The van der Waals surface area contributed by atoms with Crippen molar-refractivity contribution in [2.45, 2.75) is 12.8 Å². The Balaban J connectivity index is 3.22. The normalized spacial score (nSPS) is 10.7. The number of nitrogens with one attached hydrogen (secondary N) is 1. The van der Waals surface area contributed by atoms with Gasteiger partial charge in [0.1, 0.15) is 0 Å². The molecule has 19 heavy (non-hydrogen) atoms. The summed E-state index contributed by atoms with van der Waals surface area (Å²) in [6.45, 7) is 2.90. The number of carbonyl (C=O) groups excluding carboxylic acids is 2. The van der Waals surface area contributed by atoms with Gasteiger partial charge >= 0.3 is 0 Å². The predicted molar refractivity (Wildman–Crippen MR) is 78.1 cm³/mol. The first-order chi connectivity index (χ1) is 9.02. The molecule has 0 spiro atoms. The molecule has 0 bridgehead atoms. The van der Waals surface area contributed by atoms with Crippen LogP contribution in [0.3, 0.4) is 0 Å². The van der Waals surface area contributed by atoms with Gasteiger partial charge in [0.25, 0.3) is 0 Å². The van der Waals surface area contributed by atoms with E-state index in [1.807, 2.05) is 14.1 Å². The van der Waals surface area contributed by atoms with Gasteiger partial charge < -0.3 is 20.7 Å². The highest BCUT2D eigenvalue weighted by atomic mass is 32.2. The molecule has 6 nitrogen and oxygen atoms in total. The Morgan fingerprint density at radius 3 is 2.68 bits per heavy atom. The lowest BCUT2D eigenvalue weighted by Crippen LogP contribution is -2.27. The molecule has 7 heteroatoms. The topological polar surface area (TPSA) is 84.7 Å². The number of hydrogen-bond donors (Lipinski definition) is 2. The van der Waals surface area contributed by atoms with Crippen molar-refractivity contribution in [3.8, 4) is 0 Å². The van der Waals surface area contributed by atoms with Crippen molar-refractivity contribution in [1.82, 2.24) is 10.2 Å². The number of carbonyl (C=O) groups is 2. The number of ether oxygens (including phenoxy) is 1. The van der Waals surface area contributed by atoms with Crippen LogP contribution in [0, 0.1) is 0 Å². The van der Waals surface area contributed by atoms with Crippen molar-refractivity contribution in [3.63, 3.8) is 0 Å². The van der Waals surface area contributed by atoms with Gasteiger partial charge in [-0.1, -0.05) is 0 Å². The SMILES string of the molecule is CN(C)CCOCCCNC(=O)CSCCC(N)=O. The molecule has 0 radical (unpaired) electrons. The van der Waals surface area contributed by atoms with E-state index in [2.05, 4.69) is 10.2 Å². The maximum atomic E-state index is 11.4. The second kappa shape index (κ2) is 12.3. The van der Waals surface area contributed by atoms with Crippen LogP contribution in [0.25, 0.3) is 0 Å². The number of nitrogens with zero attached hydrogens (tertiary/aromatic N) is 1. The second-order valence-electron chi connectivity index (χ2n) is 4.39. The average Bonchev–Trinajstić information content (AvgIpc) is 2.33. The molecule has 0 atom stereocenters. The summed E-state index contributed by atoms with van der Waals surface area (Å²) in [5.41, 5.74) is 5.00. The zero-order valence-electron chi connectivity index (χ0n) is 11.8. The largest absolute Gasteiger partial charge is 0.380 e. The smallest absolute Gasteiger partial charge is 0.229 e. The first-order valence-corrected chi connectivity index (χ1v) is 7.53. The maximum Gasteiger partial charge on any atom is 0.229 e. The van der Waals surface area contributed by atoms with Gasteiger partial charge in [0.05, 0.1) is 12.4 Å². The van der Waals surface area contributed by atoms with Crippen LogP contribution >= 0.6 is 11.8 Å². The van der Waals surface area contributed by atoms with E-state index >= 15 is 0 Å². The van der Waals surface area contributed by atoms with E-state index in [1.165, 1.54) is 11.8 Å².